The Hall–Kier alpha value is -0.660. The second-order valence-corrected chi connectivity index (χ2v) is 14.3. The molecule has 0 aliphatic carbocycles. The van der Waals surface area contributed by atoms with Crippen molar-refractivity contribution in [2.24, 2.45) is 0 Å². The Labute approximate surface area is 273 Å². The summed E-state index contributed by atoms with van der Waals surface area (Å²) in [4.78, 5) is 5.44. The van der Waals surface area contributed by atoms with Gasteiger partial charge in [0.05, 0.1) is 0 Å². The van der Waals surface area contributed by atoms with Gasteiger partial charge < -0.3 is 9.80 Å². The van der Waals surface area contributed by atoms with E-state index in [2.05, 4.69) is 43.0 Å². The normalized spacial score (nSPS) is 14.9. The highest BCUT2D eigenvalue weighted by molar-refractivity contribution is 4.97. The fraction of sp³-hybridized carbons (Fsp3) is 0.951. The maximum absolute atomic E-state index is 2.72. The zero-order valence-corrected chi connectivity index (χ0v) is 30.4. The second-order valence-electron chi connectivity index (χ2n) is 14.3. The monoisotopic (exact) mass is 603 g/mol. The van der Waals surface area contributed by atoms with Gasteiger partial charge in [-0.2, -0.15) is 0 Å². The van der Waals surface area contributed by atoms with Crippen LogP contribution >= 0.6 is 0 Å². The quantitative estimate of drug-likeness (QED) is 0.0666. The Bertz CT molecular complexity index is 558. The van der Waals surface area contributed by atoms with Gasteiger partial charge >= 0.3 is 0 Å². The van der Waals surface area contributed by atoms with Crippen LogP contribution in [-0.2, 0) is 0 Å². The van der Waals surface area contributed by atoms with Gasteiger partial charge in [-0.1, -0.05) is 207 Å². The summed E-state index contributed by atoms with van der Waals surface area (Å²) < 4.78 is 0. The van der Waals surface area contributed by atoms with Gasteiger partial charge in [-0.25, -0.2) is 0 Å². The van der Waals surface area contributed by atoms with E-state index in [1.54, 1.807) is 0 Å². The minimum atomic E-state index is 0.640. The average Bonchev–Trinajstić information content (AvgIpc) is 3.40. The molecule has 0 spiro atoms. The van der Waals surface area contributed by atoms with E-state index in [9.17, 15) is 0 Å². The van der Waals surface area contributed by atoms with Gasteiger partial charge in [0, 0.05) is 25.5 Å². The molecule has 0 bridgehead atoms. The third-order valence-electron chi connectivity index (χ3n) is 10.1. The highest BCUT2D eigenvalue weighted by Gasteiger charge is 2.24. The SMILES string of the molecule is CCCCCCCCCCCCCCCCCN1C=CN(CCCCCCCCCCC)C1CCCCCCCCCC. The van der Waals surface area contributed by atoms with Gasteiger partial charge in [0.2, 0.25) is 0 Å². The van der Waals surface area contributed by atoms with Crippen LogP contribution in [0.25, 0.3) is 0 Å². The van der Waals surface area contributed by atoms with Crippen molar-refractivity contribution in [1.82, 2.24) is 9.80 Å². The van der Waals surface area contributed by atoms with Gasteiger partial charge in [0.15, 0.2) is 0 Å². The lowest BCUT2D eigenvalue weighted by Gasteiger charge is -2.33. The van der Waals surface area contributed by atoms with Crippen molar-refractivity contribution in [1.29, 1.82) is 0 Å². The predicted octanol–water partition coefficient (Wildman–Crippen LogP) is 14.3. The van der Waals surface area contributed by atoms with Crippen LogP contribution in [0.3, 0.4) is 0 Å². The van der Waals surface area contributed by atoms with Gasteiger partial charge in [-0.3, -0.25) is 0 Å². The minimum absolute atomic E-state index is 0.640. The summed E-state index contributed by atoms with van der Waals surface area (Å²) in [5, 5.41) is 0. The molecule has 1 atom stereocenters. The Morgan fingerprint density at radius 1 is 0.302 bits per heavy atom. The van der Waals surface area contributed by atoms with Crippen molar-refractivity contribution in [3.05, 3.63) is 12.4 Å². The summed E-state index contributed by atoms with van der Waals surface area (Å²) in [5.41, 5.74) is 0. The van der Waals surface area contributed by atoms with E-state index in [-0.39, 0.29) is 0 Å². The standard InChI is InChI=1S/C41H82N2/c1-4-7-10-13-16-19-20-21-22-23-24-26-29-32-35-38-43-40-39-42(37-34-31-28-25-17-14-11-8-5-2)41(43)36-33-30-27-18-15-12-9-6-3/h39-41H,4-38H2,1-3H3. The molecular formula is C41H82N2. The summed E-state index contributed by atoms with van der Waals surface area (Å²) in [7, 11) is 0. The number of unbranched alkanes of at least 4 members (excludes halogenated alkanes) is 29. The number of rotatable bonds is 35. The van der Waals surface area contributed by atoms with Crippen LogP contribution in [0, 0.1) is 0 Å². The summed E-state index contributed by atoms with van der Waals surface area (Å²) in [6.45, 7) is 9.48. The molecule has 1 aliphatic rings. The smallest absolute Gasteiger partial charge is 0.101 e. The Morgan fingerprint density at radius 3 is 0.814 bits per heavy atom. The second kappa shape index (κ2) is 32.7. The Morgan fingerprint density at radius 2 is 0.535 bits per heavy atom. The van der Waals surface area contributed by atoms with Crippen LogP contribution < -0.4 is 0 Å². The van der Waals surface area contributed by atoms with Crippen LogP contribution in [0.5, 0.6) is 0 Å². The predicted molar refractivity (Wildman–Crippen MR) is 196 cm³/mol. The van der Waals surface area contributed by atoms with Crippen LogP contribution in [0.15, 0.2) is 12.4 Å². The molecule has 0 amide bonds. The lowest BCUT2D eigenvalue weighted by Crippen LogP contribution is -2.39. The molecule has 0 aromatic rings. The molecule has 2 heteroatoms. The van der Waals surface area contributed by atoms with Crippen molar-refractivity contribution < 1.29 is 0 Å². The van der Waals surface area contributed by atoms with Gasteiger partial charge in [-0.15, -0.1) is 0 Å². The molecule has 256 valence electrons. The van der Waals surface area contributed by atoms with E-state index >= 15 is 0 Å². The van der Waals surface area contributed by atoms with E-state index < -0.39 is 0 Å². The van der Waals surface area contributed by atoms with Crippen molar-refractivity contribution in [3.8, 4) is 0 Å². The molecule has 0 aromatic heterocycles. The molecule has 2 nitrogen and oxygen atoms in total. The summed E-state index contributed by atoms with van der Waals surface area (Å²) in [6.07, 6.45) is 52.9. The number of hydrogen-bond acceptors (Lipinski definition) is 2. The van der Waals surface area contributed by atoms with E-state index in [0.29, 0.717) is 6.17 Å². The maximum Gasteiger partial charge on any atom is 0.101 e. The molecule has 0 N–H and O–H groups in total. The Kier molecular flexibility index (Phi) is 30.7. The number of hydrogen-bond donors (Lipinski definition) is 0. The molecular weight excluding hydrogens is 520 g/mol. The molecule has 0 aromatic carbocycles. The van der Waals surface area contributed by atoms with Crippen molar-refractivity contribution in [2.45, 2.75) is 239 Å². The molecule has 1 unspecified atom stereocenters. The zero-order valence-electron chi connectivity index (χ0n) is 30.4. The van der Waals surface area contributed by atoms with Crippen molar-refractivity contribution in [3.63, 3.8) is 0 Å². The lowest BCUT2D eigenvalue weighted by molar-refractivity contribution is 0.135. The molecule has 0 fully saturated rings. The average molecular weight is 603 g/mol. The first-order chi connectivity index (χ1) is 21.3. The van der Waals surface area contributed by atoms with E-state index in [1.807, 2.05) is 0 Å². The molecule has 1 rings (SSSR count). The van der Waals surface area contributed by atoms with Crippen LogP contribution in [0.2, 0.25) is 0 Å². The topological polar surface area (TPSA) is 6.48 Å². The maximum atomic E-state index is 2.72. The lowest BCUT2D eigenvalue weighted by atomic mass is 10.0. The van der Waals surface area contributed by atoms with Crippen molar-refractivity contribution in [2.75, 3.05) is 13.1 Å². The highest BCUT2D eigenvalue weighted by Crippen LogP contribution is 2.24. The van der Waals surface area contributed by atoms with Gasteiger partial charge in [0.25, 0.3) is 0 Å². The zero-order chi connectivity index (χ0) is 30.9. The summed E-state index contributed by atoms with van der Waals surface area (Å²) >= 11 is 0. The van der Waals surface area contributed by atoms with Gasteiger partial charge in [0.1, 0.15) is 6.17 Å². The molecule has 43 heavy (non-hydrogen) atoms. The first-order valence-electron chi connectivity index (χ1n) is 20.5. The highest BCUT2D eigenvalue weighted by atomic mass is 15.4. The first kappa shape index (κ1) is 40.4. The Balaban J connectivity index is 2.17. The van der Waals surface area contributed by atoms with Crippen molar-refractivity contribution >= 4 is 0 Å². The summed E-state index contributed by atoms with van der Waals surface area (Å²) in [6, 6.07) is 0. The van der Waals surface area contributed by atoms with Crippen LogP contribution in [0.4, 0.5) is 0 Å². The molecule has 1 aliphatic heterocycles. The van der Waals surface area contributed by atoms with E-state index in [0.717, 1.165) is 0 Å². The van der Waals surface area contributed by atoms with Gasteiger partial charge in [-0.05, 0) is 25.7 Å². The first-order valence-corrected chi connectivity index (χ1v) is 20.5. The molecule has 1 heterocycles. The molecule has 0 saturated heterocycles. The van der Waals surface area contributed by atoms with E-state index in [1.165, 1.54) is 225 Å². The third kappa shape index (κ3) is 25.2. The van der Waals surface area contributed by atoms with Crippen LogP contribution in [0.1, 0.15) is 233 Å². The van der Waals surface area contributed by atoms with Crippen LogP contribution in [-0.4, -0.2) is 29.1 Å². The fourth-order valence-corrected chi connectivity index (χ4v) is 7.07. The third-order valence-corrected chi connectivity index (χ3v) is 10.1. The molecule has 0 radical (unpaired) electrons. The summed E-state index contributed by atoms with van der Waals surface area (Å²) in [5.74, 6) is 0. The number of nitrogens with zero attached hydrogens (tertiary/aromatic N) is 2. The van der Waals surface area contributed by atoms with E-state index in [4.69, 9.17) is 0 Å². The molecule has 0 saturated carbocycles. The fourth-order valence-electron chi connectivity index (χ4n) is 7.07. The minimum Gasteiger partial charge on any atom is -0.356 e. The largest absolute Gasteiger partial charge is 0.356 e.